The highest BCUT2D eigenvalue weighted by atomic mass is 19.3. The minimum absolute atomic E-state index is 1.01. The lowest BCUT2D eigenvalue weighted by Gasteiger charge is -2.07. The predicted octanol–water partition coefficient (Wildman–Crippen LogP) is 2.63. The number of hydrogen-bond donors (Lipinski definition) is 0. The van der Waals surface area contributed by atoms with E-state index in [0.717, 1.165) is 13.8 Å². The molecule has 5 heteroatoms. The molecular weight excluding hydrogens is 167 g/mol. The Morgan fingerprint density at radius 2 is 1.09 bits per heavy atom. The Morgan fingerprint density at radius 3 is 1.09 bits per heavy atom. The van der Waals surface area contributed by atoms with Gasteiger partial charge in [-0.3, -0.25) is 0 Å². The van der Waals surface area contributed by atoms with E-state index in [2.05, 4.69) is 0 Å². The standard InChI is InChI=1S/C6H7F5/c1-3(2)4(7)5(8,9)6(4,10)11/h3H,1-2H3. The molecule has 11 heavy (non-hydrogen) atoms. The van der Waals surface area contributed by atoms with Crippen molar-refractivity contribution in [2.75, 3.05) is 0 Å². The Bertz CT molecular complexity index is 169. The fraction of sp³-hybridized carbons (Fsp3) is 1.00. The van der Waals surface area contributed by atoms with Gasteiger partial charge in [0.2, 0.25) is 0 Å². The number of hydrogen-bond acceptors (Lipinski definition) is 0. The maximum absolute atomic E-state index is 12.7. The molecule has 0 aromatic rings. The van der Waals surface area contributed by atoms with Crippen molar-refractivity contribution in [1.29, 1.82) is 0 Å². The van der Waals surface area contributed by atoms with Crippen molar-refractivity contribution in [3.8, 4) is 0 Å². The molecular formula is C6H7F5. The first-order valence-electron chi connectivity index (χ1n) is 3.14. The third kappa shape index (κ3) is 0.601. The summed E-state index contributed by atoms with van der Waals surface area (Å²) < 4.78 is 61.0. The second kappa shape index (κ2) is 1.69. The first-order valence-corrected chi connectivity index (χ1v) is 3.14. The molecule has 0 aromatic carbocycles. The largest absolute Gasteiger partial charge is 0.353 e. The average molecular weight is 174 g/mol. The highest BCUT2D eigenvalue weighted by Crippen LogP contribution is 2.71. The van der Waals surface area contributed by atoms with Crippen molar-refractivity contribution in [2.24, 2.45) is 5.92 Å². The molecule has 0 N–H and O–H groups in total. The van der Waals surface area contributed by atoms with Gasteiger partial charge in [-0.1, -0.05) is 13.8 Å². The summed E-state index contributed by atoms with van der Waals surface area (Å²) in [5.74, 6) is -10.3. The molecule has 0 unspecified atom stereocenters. The normalized spacial score (nSPS) is 30.5. The van der Waals surface area contributed by atoms with Gasteiger partial charge in [0.1, 0.15) is 0 Å². The molecule has 0 amide bonds. The van der Waals surface area contributed by atoms with Gasteiger partial charge in [0.05, 0.1) is 0 Å². The zero-order valence-corrected chi connectivity index (χ0v) is 5.97. The van der Waals surface area contributed by atoms with E-state index in [1.165, 1.54) is 0 Å². The van der Waals surface area contributed by atoms with E-state index < -0.39 is 23.4 Å². The van der Waals surface area contributed by atoms with E-state index in [4.69, 9.17) is 0 Å². The molecule has 0 aliphatic heterocycles. The predicted molar refractivity (Wildman–Crippen MR) is 28.6 cm³/mol. The van der Waals surface area contributed by atoms with Gasteiger partial charge >= 0.3 is 11.8 Å². The molecule has 0 heterocycles. The third-order valence-corrected chi connectivity index (χ3v) is 2.04. The van der Waals surface area contributed by atoms with Gasteiger partial charge in [-0.2, -0.15) is 17.6 Å². The second-order valence-corrected chi connectivity index (χ2v) is 3.02. The van der Waals surface area contributed by atoms with Crippen LogP contribution in [0.4, 0.5) is 22.0 Å². The summed E-state index contributed by atoms with van der Waals surface area (Å²) in [6.45, 7) is 2.02. The quantitative estimate of drug-likeness (QED) is 0.536. The molecule has 1 aliphatic carbocycles. The minimum Gasteiger partial charge on any atom is -0.230 e. The average Bonchev–Trinajstić information content (AvgIpc) is 2.11. The van der Waals surface area contributed by atoms with Crippen molar-refractivity contribution in [3.63, 3.8) is 0 Å². The van der Waals surface area contributed by atoms with Crippen LogP contribution in [0.15, 0.2) is 0 Å². The summed E-state index contributed by atoms with van der Waals surface area (Å²) in [6.07, 6.45) is 0. The number of alkyl halides is 5. The second-order valence-electron chi connectivity index (χ2n) is 3.02. The minimum atomic E-state index is -4.48. The summed E-state index contributed by atoms with van der Waals surface area (Å²) in [4.78, 5) is 0. The summed E-state index contributed by atoms with van der Waals surface area (Å²) in [5, 5.41) is 0. The Balaban J connectivity index is 2.96. The van der Waals surface area contributed by atoms with Crippen molar-refractivity contribution in [2.45, 2.75) is 31.4 Å². The van der Waals surface area contributed by atoms with E-state index in [0.29, 0.717) is 0 Å². The summed E-state index contributed by atoms with van der Waals surface area (Å²) in [5.41, 5.74) is -3.62. The molecule has 0 nitrogen and oxygen atoms in total. The van der Waals surface area contributed by atoms with Crippen LogP contribution in [0.3, 0.4) is 0 Å². The first kappa shape index (κ1) is 8.74. The zero-order chi connectivity index (χ0) is 9.08. The van der Waals surface area contributed by atoms with Crippen LogP contribution < -0.4 is 0 Å². The van der Waals surface area contributed by atoms with Crippen LogP contribution in [0.5, 0.6) is 0 Å². The first-order chi connectivity index (χ1) is 4.69. The lowest BCUT2D eigenvalue weighted by atomic mass is 10.1. The van der Waals surface area contributed by atoms with Gasteiger partial charge in [0, 0.05) is 0 Å². The summed E-state index contributed by atoms with van der Waals surface area (Å²) in [6, 6.07) is 0. The summed E-state index contributed by atoms with van der Waals surface area (Å²) >= 11 is 0. The van der Waals surface area contributed by atoms with E-state index in [1.807, 2.05) is 0 Å². The van der Waals surface area contributed by atoms with Gasteiger partial charge in [0.15, 0.2) is 0 Å². The van der Waals surface area contributed by atoms with Crippen molar-refractivity contribution in [3.05, 3.63) is 0 Å². The maximum Gasteiger partial charge on any atom is 0.353 e. The van der Waals surface area contributed by atoms with Crippen LogP contribution >= 0.6 is 0 Å². The Labute approximate surface area is 60.4 Å². The highest BCUT2D eigenvalue weighted by Gasteiger charge is 2.99. The molecule has 0 bridgehead atoms. The van der Waals surface area contributed by atoms with E-state index in [-0.39, 0.29) is 0 Å². The molecule has 0 atom stereocenters. The lowest BCUT2D eigenvalue weighted by molar-refractivity contribution is -0.0278. The van der Waals surface area contributed by atoms with Gasteiger partial charge < -0.3 is 0 Å². The molecule has 0 saturated heterocycles. The van der Waals surface area contributed by atoms with Crippen LogP contribution in [0.2, 0.25) is 0 Å². The van der Waals surface area contributed by atoms with Crippen LogP contribution in [0.25, 0.3) is 0 Å². The molecule has 0 radical (unpaired) electrons. The number of rotatable bonds is 1. The lowest BCUT2D eigenvalue weighted by Crippen LogP contribution is -2.21. The molecule has 1 fully saturated rings. The Kier molecular flexibility index (Phi) is 1.35. The molecule has 66 valence electrons. The third-order valence-electron chi connectivity index (χ3n) is 2.04. The molecule has 1 saturated carbocycles. The van der Waals surface area contributed by atoms with Crippen molar-refractivity contribution in [1.82, 2.24) is 0 Å². The van der Waals surface area contributed by atoms with Crippen LogP contribution in [0, 0.1) is 5.92 Å². The SMILES string of the molecule is CC(C)C1(F)C(F)(F)C1(F)F. The molecule has 0 aromatic heterocycles. The van der Waals surface area contributed by atoms with Gasteiger partial charge in [-0.25, -0.2) is 4.39 Å². The summed E-state index contributed by atoms with van der Waals surface area (Å²) in [7, 11) is 0. The fourth-order valence-electron chi connectivity index (χ4n) is 1.13. The molecule has 1 aliphatic rings. The maximum atomic E-state index is 12.7. The Morgan fingerprint density at radius 1 is 0.818 bits per heavy atom. The van der Waals surface area contributed by atoms with E-state index >= 15 is 0 Å². The van der Waals surface area contributed by atoms with E-state index in [9.17, 15) is 22.0 Å². The topological polar surface area (TPSA) is 0 Å². The monoisotopic (exact) mass is 174 g/mol. The van der Waals surface area contributed by atoms with Crippen molar-refractivity contribution < 1.29 is 22.0 Å². The zero-order valence-electron chi connectivity index (χ0n) is 5.97. The van der Waals surface area contributed by atoms with Gasteiger partial charge in [-0.15, -0.1) is 0 Å². The number of halogens is 5. The van der Waals surface area contributed by atoms with Gasteiger partial charge in [0.25, 0.3) is 5.67 Å². The van der Waals surface area contributed by atoms with Crippen LogP contribution in [-0.4, -0.2) is 17.5 Å². The van der Waals surface area contributed by atoms with Crippen molar-refractivity contribution >= 4 is 0 Å². The fourth-order valence-corrected chi connectivity index (χ4v) is 1.13. The smallest absolute Gasteiger partial charge is 0.230 e. The molecule has 1 rings (SSSR count). The van der Waals surface area contributed by atoms with Crippen LogP contribution in [0.1, 0.15) is 13.8 Å². The van der Waals surface area contributed by atoms with Crippen LogP contribution in [-0.2, 0) is 0 Å². The van der Waals surface area contributed by atoms with Gasteiger partial charge in [-0.05, 0) is 5.92 Å². The molecule has 0 spiro atoms. The highest BCUT2D eigenvalue weighted by molar-refractivity contribution is 5.29. The van der Waals surface area contributed by atoms with E-state index in [1.54, 1.807) is 0 Å². The Hall–Kier alpha value is -0.350.